The fourth-order valence-corrected chi connectivity index (χ4v) is 2.29. The molecular weight excluding hydrogens is 314 g/mol. The lowest BCUT2D eigenvalue weighted by molar-refractivity contribution is 0.215. The van der Waals surface area contributed by atoms with E-state index in [4.69, 9.17) is 31.5 Å². The van der Waals surface area contributed by atoms with Crippen LogP contribution < -0.4 is 19.9 Å². The first kappa shape index (κ1) is 17.4. The van der Waals surface area contributed by atoms with Crippen molar-refractivity contribution >= 4 is 11.6 Å². The summed E-state index contributed by atoms with van der Waals surface area (Å²) in [4.78, 5) is 0. The van der Waals surface area contributed by atoms with Crippen molar-refractivity contribution in [3.05, 3.63) is 52.5 Å². The number of halogens is 1. The average molecular weight is 336 g/mol. The molecule has 2 aromatic rings. The minimum Gasteiger partial charge on any atom is -0.497 e. The van der Waals surface area contributed by atoms with Gasteiger partial charge in [-0.05, 0) is 55.3 Å². The number of hydrogen-bond acceptors (Lipinski definition) is 4. The highest BCUT2D eigenvalue weighted by atomic mass is 35.5. The highest BCUT2D eigenvalue weighted by Crippen LogP contribution is 2.25. The second kappa shape index (κ2) is 8.65. The van der Waals surface area contributed by atoms with Crippen LogP contribution in [0.4, 0.5) is 0 Å². The van der Waals surface area contributed by atoms with Crippen molar-refractivity contribution < 1.29 is 14.2 Å². The number of hydrogen-bond donors (Lipinski definition) is 1. The molecule has 0 aliphatic carbocycles. The molecule has 0 bridgehead atoms. The van der Waals surface area contributed by atoms with Gasteiger partial charge in [-0.2, -0.15) is 0 Å². The summed E-state index contributed by atoms with van der Waals surface area (Å²) in [7, 11) is 1.63. The summed E-state index contributed by atoms with van der Waals surface area (Å²) in [5.41, 5.74) is 7.69. The molecule has 0 radical (unpaired) electrons. The second-order valence-electron chi connectivity index (χ2n) is 5.12. The molecule has 0 spiro atoms. The van der Waals surface area contributed by atoms with Crippen LogP contribution in [0.15, 0.2) is 36.4 Å². The van der Waals surface area contributed by atoms with Crippen LogP contribution in [-0.2, 0) is 6.42 Å². The van der Waals surface area contributed by atoms with Crippen LogP contribution in [0.25, 0.3) is 0 Å². The highest BCUT2D eigenvalue weighted by molar-refractivity contribution is 6.31. The van der Waals surface area contributed by atoms with Crippen molar-refractivity contribution in [2.45, 2.75) is 13.3 Å². The lowest BCUT2D eigenvalue weighted by Crippen LogP contribution is -2.11. The largest absolute Gasteiger partial charge is 0.497 e. The molecule has 0 fully saturated rings. The van der Waals surface area contributed by atoms with Crippen LogP contribution in [0.3, 0.4) is 0 Å². The molecule has 2 N–H and O–H groups in total. The van der Waals surface area contributed by atoms with Crippen LogP contribution in [0.2, 0.25) is 5.02 Å². The maximum absolute atomic E-state index is 6.00. The zero-order chi connectivity index (χ0) is 16.7. The Hall–Kier alpha value is -1.91. The number of ether oxygens (including phenoxy) is 3. The van der Waals surface area contributed by atoms with Gasteiger partial charge < -0.3 is 19.9 Å². The van der Waals surface area contributed by atoms with Crippen molar-refractivity contribution in [3.8, 4) is 17.2 Å². The van der Waals surface area contributed by atoms with Crippen molar-refractivity contribution in [2.24, 2.45) is 5.73 Å². The molecule has 0 saturated heterocycles. The van der Waals surface area contributed by atoms with Crippen LogP contribution in [0.5, 0.6) is 17.2 Å². The van der Waals surface area contributed by atoms with E-state index in [1.165, 1.54) is 0 Å². The Morgan fingerprint density at radius 1 is 1.00 bits per heavy atom. The van der Waals surface area contributed by atoms with Crippen molar-refractivity contribution in [1.82, 2.24) is 0 Å². The number of aryl methyl sites for hydroxylation is 1. The van der Waals surface area contributed by atoms with Gasteiger partial charge >= 0.3 is 0 Å². The van der Waals surface area contributed by atoms with Crippen LogP contribution in [-0.4, -0.2) is 26.9 Å². The predicted molar refractivity (Wildman–Crippen MR) is 92.9 cm³/mol. The van der Waals surface area contributed by atoms with Gasteiger partial charge in [0.25, 0.3) is 0 Å². The SMILES string of the molecule is COc1ccc(CCN)c(OCCOc2ccc(Cl)c(C)c2)c1. The molecule has 0 aliphatic heterocycles. The van der Waals surface area contributed by atoms with Gasteiger partial charge in [0.05, 0.1) is 7.11 Å². The van der Waals surface area contributed by atoms with Crippen LogP contribution >= 0.6 is 11.6 Å². The molecule has 2 rings (SSSR count). The molecule has 5 heteroatoms. The zero-order valence-electron chi connectivity index (χ0n) is 13.5. The maximum atomic E-state index is 6.00. The van der Waals surface area contributed by atoms with Crippen molar-refractivity contribution in [3.63, 3.8) is 0 Å². The highest BCUT2D eigenvalue weighted by Gasteiger charge is 2.06. The van der Waals surface area contributed by atoms with E-state index in [-0.39, 0.29) is 0 Å². The summed E-state index contributed by atoms with van der Waals surface area (Å²) >= 11 is 6.00. The van der Waals surface area contributed by atoms with E-state index in [0.717, 1.165) is 39.8 Å². The van der Waals surface area contributed by atoms with Gasteiger partial charge in [0.1, 0.15) is 30.5 Å². The van der Waals surface area contributed by atoms with E-state index in [0.29, 0.717) is 19.8 Å². The lowest BCUT2D eigenvalue weighted by atomic mass is 10.1. The Kier molecular flexibility index (Phi) is 6.56. The monoisotopic (exact) mass is 335 g/mol. The van der Waals surface area contributed by atoms with Gasteiger partial charge in [-0.1, -0.05) is 17.7 Å². The van der Waals surface area contributed by atoms with Gasteiger partial charge in [0.2, 0.25) is 0 Å². The number of benzene rings is 2. The molecule has 0 aliphatic rings. The summed E-state index contributed by atoms with van der Waals surface area (Å²) in [6.45, 7) is 3.40. The van der Waals surface area contributed by atoms with Crippen LogP contribution in [0, 0.1) is 6.92 Å². The second-order valence-corrected chi connectivity index (χ2v) is 5.53. The Morgan fingerprint density at radius 3 is 2.43 bits per heavy atom. The number of rotatable bonds is 8. The molecule has 0 amide bonds. The fourth-order valence-electron chi connectivity index (χ4n) is 2.18. The third-order valence-electron chi connectivity index (χ3n) is 3.43. The summed E-state index contributed by atoms with van der Waals surface area (Å²) in [5, 5.41) is 0.733. The van der Waals surface area contributed by atoms with E-state index in [1.807, 2.05) is 43.3 Å². The van der Waals surface area contributed by atoms with Crippen LogP contribution in [0.1, 0.15) is 11.1 Å². The first-order valence-corrected chi connectivity index (χ1v) is 7.90. The molecule has 0 aromatic heterocycles. The molecule has 0 atom stereocenters. The first-order chi connectivity index (χ1) is 11.1. The van der Waals surface area contributed by atoms with Crippen molar-refractivity contribution in [1.29, 1.82) is 0 Å². The first-order valence-electron chi connectivity index (χ1n) is 7.52. The smallest absolute Gasteiger partial charge is 0.126 e. The summed E-state index contributed by atoms with van der Waals surface area (Å²) in [6.07, 6.45) is 0.760. The summed E-state index contributed by atoms with van der Waals surface area (Å²) < 4.78 is 16.7. The maximum Gasteiger partial charge on any atom is 0.126 e. The molecule has 0 heterocycles. The predicted octanol–water partition coefficient (Wildman–Crippen LogP) is 3.62. The number of methoxy groups -OCH3 is 1. The van der Waals surface area contributed by atoms with Gasteiger partial charge in [-0.25, -0.2) is 0 Å². The molecular formula is C18H22ClNO3. The van der Waals surface area contributed by atoms with E-state index in [9.17, 15) is 0 Å². The Balaban J connectivity index is 1.91. The summed E-state index contributed by atoms with van der Waals surface area (Å²) in [6, 6.07) is 11.3. The zero-order valence-corrected chi connectivity index (χ0v) is 14.2. The van der Waals surface area contributed by atoms with E-state index < -0.39 is 0 Å². The van der Waals surface area contributed by atoms with Gasteiger partial charge in [-0.15, -0.1) is 0 Å². The molecule has 4 nitrogen and oxygen atoms in total. The average Bonchev–Trinajstić information content (AvgIpc) is 2.56. The van der Waals surface area contributed by atoms with Gasteiger partial charge in [0.15, 0.2) is 0 Å². The van der Waals surface area contributed by atoms with Gasteiger partial charge in [-0.3, -0.25) is 0 Å². The molecule has 124 valence electrons. The quantitative estimate of drug-likeness (QED) is 0.749. The standard InChI is InChI=1S/C18H22ClNO3/c1-13-11-16(5-6-17(13)19)22-9-10-23-18-12-15(21-2)4-3-14(18)7-8-20/h3-6,11-12H,7-10,20H2,1-2H3. The lowest BCUT2D eigenvalue weighted by Gasteiger charge is -2.13. The Bertz CT molecular complexity index is 646. The fraction of sp³-hybridized carbons (Fsp3) is 0.333. The van der Waals surface area contributed by atoms with Crippen molar-refractivity contribution in [2.75, 3.05) is 26.9 Å². The normalized spacial score (nSPS) is 10.4. The van der Waals surface area contributed by atoms with Gasteiger partial charge in [0, 0.05) is 11.1 Å². The number of nitrogens with two attached hydrogens (primary N) is 1. The minimum atomic E-state index is 0.437. The molecule has 0 saturated carbocycles. The van der Waals surface area contributed by atoms with E-state index in [2.05, 4.69) is 0 Å². The Labute approximate surface area is 142 Å². The molecule has 0 unspecified atom stereocenters. The third kappa shape index (κ3) is 5.05. The van der Waals surface area contributed by atoms with E-state index in [1.54, 1.807) is 7.11 Å². The minimum absolute atomic E-state index is 0.437. The topological polar surface area (TPSA) is 53.7 Å². The Morgan fingerprint density at radius 2 is 1.74 bits per heavy atom. The van der Waals surface area contributed by atoms with E-state index >= 15 is 0 Å². The molecule has 2 aromatic carbocycles. The summed E-state index contributed by atoms with van der Waals surface area (Å²) in [5.74, 6) is 2.32. The third-order valence-corrected chi connectivity index (χ3v) is 3.85. The molecule has 23 heavy (non-hydrogen) atoms.